The van der Waals surface area contributed by atoms with Gasteiger partial charge in [-0.1, -0.05) is 41.9 Å². The molecule has 3 nitrogen and oxygen atoms in total. The van der Waals surface area contributed by atoms with E-state index in [-0.39, 0.29) is 0 Å². The summed E-state index contributed by atoms with van der Waals surface area (Å²) in [4.78, 5) is 4.47. The van der Waals surface area contributed by atoms with Crippen LogP contribution in [0.3, 0.4) is 0 Å². The minimum absolute atomic E-state index is 0.714. The number of hydrogen-bond acceptors (Lipinski definition) is 3. The molecule has 0 radical (unpaired) electrons. The Balaban J connectivity index is 1.74. The molecule has 1 N–H and O–H groups in total. The zero-order valence-electron chi connectivity index (χ0n) is 10.6. The number of anilines is 1. The highest BCUT2D eigenvalue weighted by atomic mass is 35.5. The van der Waals surface area contributed by atoms with Gasteiger partial charge in [-0.25, -0.2) is 4.98 Å². The summed E-state index contributed by atoms with van der Waals surface area (Å²) in [7, 11) is 0. The molecule has 4 heteroatoms. The third kappa shape index (κ3) is 2.95. The summed E-state index contributed by atoms with van der Waals surface area (Å²) >= 11 is 5.83. The molecular formula is C16H12ClN3. The number of pyridine rings is 1. The van der Waals surface area contributed by atoms with Crippen molar-refractivity contribution < 1.29 is 0 Å². The molecule has 0 atom stereocenters. The Labute approximate surface area is 121 Å². The summed E-state index contributed by atoms with van der Waals surface area (Å²) < 4.78 is 0. The van der Waals surface area contributed by atoms with Gasteiger partial charge in [-0.15, -0.1) is 0 Å². The fourth-order valence-corrected chi connectivity index (χ4v) is 1.98. The highest BCUT2D eigenvalue weighted by Crippen LogP contribution is 2.14. The predicted octanol–water partition coefficient (Wildman–Crippen LogP) is 4.33. The summed E-state index contributed by atoms with van der Waals surface area (Å²) in [5.41, 5.74) is 4.84. The average molecular weight is 282 g/mol. The lowest BCUT2D eigenvalue weighted by Gasteiger charge is -2.01. The van der Waals surface area contributed by atoms with E-state index >= 15 is 0 Å². The summed E-state index contributed by atoms with van der Waals surface area (Å²) in [5, 5.41) is 5.99. The van der Waals surface area contributed by atoms with E-state index in [4.69, 9.17) is 11.6 Å². The van der Waals surface area contributed by atoms with Gasteiger partial charge in [-0.05, 0) is 35.9 Å². The van der Waals surface area contributed by atoms with Gasteiger partial charge in [-0.2, -0.15) is 5.10 Å². The minimum atomic E-state index is 0.714. The topological polar surface area (TPSA) is 37.3 Å². The van der Waals surface area contributed by atoms with Gasteiger partial charge in [0.2, 0.25) is 0 Å². The number of para-hydroxylation sites is 1. The number of benzene rings is 2. The number of fused-ring (bicyclic) bond motifs is 1. The van der Waals surface area contributed by atoms with Gasteiger partial charge in [0.15, 0.2) is 0 Å². The van der Waals surface area contributed by atoms with Crippen molar-refractivity contribution in [3.05, 3.63) is 71.2 Å². The van der Waals surface area contributed by atoms with E-state index in [0.717, 1.165) is 16.5 Å². The number of hydrogen-bond donors (Lipinski definition) is 1. The molecule has 0 fully saturated rings. The molecule has 0 aliphatic rings. The van der Waals surface area contributed by atoms with Crippen LogP contribution in [0.2, 0.25) is 5.02 Å². The Hall–Kier alpha value is -2.39. The summed E-state index contributed by atoms with van der Waals surface area (Å²) in [6.07, 6.45) is 1.73. The quantitative estimate of drug-likeness (QED) is 0.573. The third-order valence-corrected chi connectivity index (χ3v) is 3.11. The SMILES string of the molecule is Clc1ccc(/C=N\Nc2ccc3ccccc3n2)cc1. The van der Waals surface area contributed by atoms with Crippen molar-refractivity contribution >= 4 is 34.5 Å². The van der Waals surface area contributed by atoms with E-state index in [2.05, 4.69) is 15.5 Å². The molecule has 3 aromatic rings. The van der Waals surface area contributed by atoms with Gasteiger partial charge in [-0.3, -0.25) is 5.43 Å². The second-order valence-electron chi connectivity index (χ2n) is 4.31. The van der Waals surface area contributed by atoms with Crippen molar-refractivity contribution in [2.75, 3.05) is 5.43 Å². The van der Waals surface area contributed by atoms with Crippen LogP contribution in [0.4, 0.5) is 5.82 Å². The Morgan fingerprint density at radius 1 is 0.950 bits per heavy atom. The molecule has 20 heavy (non-hydrogen) atoms. The summed E-state index contributed by atoms with van der Waals surface area (Å²) in [6.45, 7) is 0. The van der Waals surface area contributed by atoms with Gasteiger partial charge in [0.05, 0.1) is 11.7 Å². The fraction of sp³-hybridized carbons (Fsp3) is 0. The Kier molecular flexibility index (Phi) is 3.61. The lowest BCUT2D eigenvalue weighted by Crippen LogP contribution is -1.93. The highest BCUT2D eigenvalue weighted by Gasteiger charge is 1.95. The molecule has 2 aromatic carbocycles. The molecule has 0 bridgehead atoms. The van der Waals surface area contributed by atoms with Gasteiger partial charge < -0.3 is 0 Å². The van der Waals surface area contributed by atoms with E-state index in [1.807, 2.05) is 60.7 Å². The largest absolute Gasteiger partial charge is 0.261 e. The lowest BCUT2D eigenvalue weighted by molar-refractivity contribution is 1.26. The van der Waals surface area contributed by atoms with E-state index in [1.165, 1.54) is 0 Å². The van der Waals surface area contributed by atoms with Gasteiger partial charge >= 0.3 is 0 Å². The van der Waals surface area contributed by atoms with Crippen molar-refractivity contribution in [3.63, 3.8) is 0 Å². The number of halogens is 1. The second-order valence-corrected chi connectivity index (χ2v) is 4.75. The van der Waals surface area contributed by atoms with Crippen LogP contribution in [0.5, 0.6) is 0 Å². The third-order valence-electron chi connectivity index (χ3n) is 2.86. The first-order chi connectivity index (χ1) is 9.81. The number of aromatic nitrogens is 1. The zero-order valence-corrected chi connectivity index (χ0v) is 11.4. The normalized spacial score (nSPS) is 11.1. The molecular weight excluding hydrogens is 270 g/mol. The Morgan fingerprint density at radius 3 is 2.60 bits per heavy atom. The lowest BCUT2D eigenvalue weighted by atomic mass is 10.2. The van der Waals surface area contributed by atoms with Crippen molar-refractivity contribution in [2.45, 2.75) is 0 Å². The molecule has 0 aliphatic heterocycles. The maximum Gasteiger partial charge on any atom is 0.146 e. The van der Waals surface area contributed by atoms with Crippen molar-refractivity contribution in [1.29, 1.82) is 0 Å². The molecule has 0 aliphatic carbocycles. The van der Waals surface area contributed by atoms with Crippen LogP contribution in [0.25, 0.3) is 10.9 Å². The van der Waals surface area contributed by atoms with Gasteiger partial charge in [0.25, 0.3) is 0 Å². The summed E-state index contributed by atoms with van der Waals surface area (Å²) in [6, 6.07) is 19.4. The first-order valence-corrected chi connectivity index (χ1v) is 6.59. The number of hydrazone groups is 1. The molecule has 0 spiro atoms. The molecule has 0 saturated carbocycles. The van der Waals surface area contributed by atoms with Crippen LogP contribution in [-0.2, 0) is 0 Å². The first kappa shape index (κ1) is 12.6. The predicted molar refractivity (Wildman–Crippen MR) is 84.4 cm³/mol. The highest BCUT2D eigenvalue weighted by molar-refractivity contribution is 6.30. The van der Waals surface area contributed by atoms with E-state index in [1.54, 1.807) is 6.21 Å². The number of nitrogens with one attached hydrogen (secondary N) is 1. The van der Waals surface area contributed by atoms with E-state index < -0.39 is 0 Å². The number of nitrogens with zero attached hydrogens (tertiary/aromatic N) is 2. The molecule has 0 saturated heterocycles. The van der Waals surface area contributed by atoms with Crippen LogP contribution in [0.15, 0.2) is 65.8 Å². The maximum atomic E-state index is 5.83. The van der Waals surface area contributed by atoms with Crippen LogP contribution >= 0.6 is 11.6 Å². The molecule has 0 amide bonds. The molecule has 98 valence electrons. The fourth-order valence-electron chi connectivity index (χ4n) is 1.85. The van der Waals surface area contributed by atoms with Gasteiger partial charge in [0, 0.05) is 10.4 Å². The van der Waals surface area contributed by atoms with Crippen LogP contribution in [0, 0.1) is 0 Å². The molecule has 3 rings (SSSR count). The van der Waals surface area contributed by atoms with Gasteiger partial charge in [0.1, 0.15) is 5.82 Å². The van der Waals surface area contributed by atoms with Crippen molar-refractivity contribution in [3.8, 4) is 0 Å². The molecule has 0 unspecified atom stereocenters. The number of rotatable bonds is 3. The Morgan fingerprint density at radius 2 is 1.75 bits per heavy atom. The van der Waals surface area contributed by atoms with Crippen molar-refractivity contribution in [1.82, 2.24) is 4.98 Å². The van der Waals surface area contributed by atoms with Crippen LogP contribution in [-0.4, -0.2) is 11.2 Å². The van der Waals surface area contributed by atoms with Crippen LogP contribution < -0.4 is 5.43 Å². The zero-order chi connectivity index (χ0) is 13.8. The smallest absolute Gasteiger partial charge is 0.146 e. The standard InChI is InChI=1S/C16H12ClN3/c17-14-8-5-12(6-9-14)11-18-20-16-10-7-13-3-1-2-4-15(13)19-16/h1-11H,(H,19,20)/b18-11-. The van der Waals surface area contributed by atoms with Crippen LogP contribution in [0.1, 0.15) is 5.56 Å². The summed E-state index contributed by atoms with van der Waals surface area (Å²) in [5.74, 6) is 0.717. The molecule has 1 aromatic heterocycles. The molecule has 1 heterocycles. The monoisotopic (exact) mass is 281 g/mol. The maximum absolute atomic E-state index is 5.83. The Bertz CT molecular complexity index is 751. The second kappa shape index (κ2) is 5.72. The average Bonchev–Trinajstić information content (AvgIpc) is 2.49. The minimum Gasteiger partial charge on any atom is -0.261 e. The first-order valence-electron chi connectivity index (χ1n) is 6.22. The van der Waals surface area contributed by atoms with E-state index in [9.17, 15) is 0 Å². The van der Waals surface area contributed by atoms with E-state index in [0.29, 0.717) is 10.8 Å². The van der Waals surface area contributed by atoms with Crippen molar-refractivity contribution in [2.24, 2.45) is 5.10 Å².